The van der Waals surface area contributed by atoms with Gasteiger partial charge in [0.1, 0.15) is 36.2 Å². The second-order valence-electron chi connectivity index (χ2n) is 6.47. The van der Waals surface area contributed by atoms with Gasteiger partial charge in [-0.25, -0.2) is 4.39 Å². The van der Waals surface area contributed by atoms with E-state index < -0.39 is 5.82 Å². The van der Waals surface area contributed by atoms with Crippen LogP contribution >= 0.6 is 11.6 Å². The number of hydrogen-bond acceptors (Lipinski definition) is 4. The van der Waals surface area contributed by atoms with Gasteiger partial charge in [0.2, 0.25) is 5.76 Å². The van der Waals surface area contributed by atoms with Gasteiger partial charge in [0, 0.05) is 23.6 Å². The number of carbonyl (C=O) groups excluding carboxylic acids is 1. The molecule has 0 bridgehead atoms. The quantitative estimate of drug-likeness (QED) is 0.358. The Hall–Kier alpha value is -3.94. The van der Waals surface area contributed by atoms with E-state index in [9.17, 15) is 9.18 Å². The fourth-order valence-electron chi connectivity index (χ4n) is 2.94. The van der Waals surface area contributed by atoms with Crippen LogP contribution in [0.4, 0.5) is 4.39 Å². The van der Waals surface area contributed by atoms with Crippen molar-refractivity contribution in [3.63, 3.8) is 0 Å². The first kappa shape index (κ1) is 21.8. The molecular weight excluding hydrogens is 421 g/mol. The smallest absolute Gasteiger partial charge is 0.500 e. The molecule has 1 aromatic heterocycles. The summed E-state index contributed by atoms with van der Waals surface area (Å²) in [6.45, 7) is 14.1. The number of benzene rings is 2. The molecule has 31 heavy (non-hydrogen) atoms. The standard InChI is InChI=1S/C23H15ClFN3O3/c1-26-23(27-2)22(30-3)15-6-4-14(5-7-15)10-17(29)12-18-13-21(28-31-18)19-9-8-16(25)11-20(19)24/h4-9,11,13H,10,12H2,3H3. The molecule has 0 unspecified atom stereocenters. The Bertz CT molecular complexity index is 1220. The summed E-state index contributed by atoms with van der Waals surface area (Å²) in [7, 11) is 1.40. The molecule has 0 aliphatic carbocycles. The van der Waals surface area contributed by atoms with E-state index in [2.05, 4.69) is 14.8 Å². The van der Waals surface area contributed by atoms with Crippen LogP contribution in [-0.4, -0.2) is 18.0 Å². The largest absolute Gasteiger partial charge is 0.562 e. The number of ether oxygens (including phenoxy) is 1. The molecule has 0 saturated carbocycles. The maximum Gasteiger partial charge on any atom is 0.562 e. The second-order valence-corrected chi connectivity index (χ2v) is 6.88. The van der Waals surface area contributed by atoms with Crippen LogP contribution < -0.4 is 0 Å². The van der Waals surface area contributed by atoms with E-state index in [0.29, 0.717) is 22.6 Å². The summed E-state index contributed by atoms with van der Waals surface area (Å²) < 4.78 is 23.6. The van der Waals surface area contributed by atoms with E-state index in [1.54, 1.807) is 30.3 Å². The first-order valence-corrected chi connectivity index (χ1v) is 9.38. The molecule has 0 atom stereocenters. The first-order chi connectivity index (χ1) is 14.9. The molecule has 6 nitrogen and oxygen atoms in total. The predicted octanol–water partition coefficient (Wildman–Crippen LogP) is 5.60. The van der Waals surface area contributed by atoms with Crippen LogP contribution in [0.1, 0.15) is 16.9 Å². The van der Waals surface area contributed by atoms with Gasteiger partial charge < -0.3 is 9.26 Å². The van der Waals surface area contributed by atoms with Gasteiger partial charge in [-0.15, -0.1) is 0 Å². The van der Waals surface area contributed by atoms with Crippen LogP contribution in [-0.2, 0) is 22.4 Å². The zero-order chi connectivity index (χ0) is 22.4. The summed E-state index contributed by atoms with van der Waals surface area (Å²) in [5, 5.41) is 4.11. The van der Waals surface area contributed by atoms with E-state index in [4.69, 9.17) is 34.0 Å². The van der Waals surface area contributed by atoms with Crippen molar-refractivity contribution in [2.24, 2.45) is 0 Å². The van der Waals surface area contributed by atoms with E-state index >= 15 is 0 Å². The van der Waals surface area contributed by atoms with Crippen LogP contribution in [0.2, 0.25) is 5.02 Å². The topological polar surface area (TPSA) is 61.1 Å². The van der Waals surface area contributed by atoms with Crippen molar-refractivity contribution in [1.82, 2.24) is 5.16 Å². The first-order valence-electron chi connectivity index (χ1n) is 9.00. The van der Waals surface area contributed by atoms with Gasteiger partial charge in [-0.1, -0.05) is 41.0 Å². The fraction of sp³-hybridized carbons (Fsp3) is 0.130. The minimum Gasteiger partial charge on any atom is -0.500 e. The maximum absolute atomic E-state index is 13.2. The zero-order valence-electron chi connectivity index (χ0n) is 16.4. The second kappa shape index (κ2) is 9.71. The molecule has 0 aliphatic rings. The number of halogens is 2. The number of nitrogens with zero attached hydrogens (tertiary/aromatic N) is 3. The average molecular weight is 436 g/mol. The number of hydrogen-bond donors (Lipinski definition) is 0. The number of ketones is 1. The van der Waals surface area contributed by atoms with Crippen LogP contribution in [0.15, 0.2) is 58.9 Å². The molecule has 8 heteroatoms. The summed E-state index contributed by atoms with van der Waals surface area (Å²) in [6.07, 6.45) is 0.203. The third-order valence-electron chi connectivity index (χ3n) is 4.37. The monoisotopic (exact) mass is 435 g/mol. The highest BCUT2D eigenvalue weighted by Crippen LogP contribution is 2.28. The molecule has 0 aliphatic heterocycles. The summed E-state index contributed by atoms with van der Waals surface area (Å²) in [4.78, 5) is 18.8. The number of aromatic nitrogens is 1. The van der Waals surface area contributed by atoms with Gasteiger partial charge in [-0.2, -0.15) is 9.69 Å². The normalized spacial score (nSPS) is 10.1. The molecule has 1 heterocycles. The van der Waals surface area contributed by atoms with Crippen molar-refractivity contribution in [3.05, 3.63) is 105 Å². The van der Waals surface area contributed by atoms with Gasteiger partial charge in [0.15, 0.2) is 0 Å². The molecule has 2 aromatic carbocycles. The minimum atomic E-state index is -0.453. The Labute approximate surface area is 183 Å². The van der Waals surface area contributed by atoms with Crippen molar-refractivity contribution < 1.29 is 18.4 Å². The molecule has 0 N–H and O–H groups in total. The van der Waals surface area contributed by atoms with Gasteiger partial charge in [-0.05, 0) is 23.8 Å². The van der Waals surface area contributed by atoms with Gasteiger partial charge in [0.25, 0.3) is 0 Å². The highest BCUT2D eigenvalue weighted by molar-refractivity contribution is 6.33. The third-order valence-corrected chi connectivity index (χ3v) is 4.69. The van der Waals surface area contributed by atoms with E-state index in [1.165, 1.54) is 25.3 Å². The summed E-state index contributed by atoms with van der Waals surface area (Å²) in [6, 6.07) is 12.4. The van der Waals surface area contributed by atoms with E-state index in [1.807, 2.05) is 0 Å². The molecule has 0 saturated heterocycles. The molecule has 0 fully saturated rings. The lowest BCUT2D eigenvalue weighted by Gasteiger charge is -2.05. The predicted molar refractivity (Wildman–Crippen MR) is 113 cm³/mol. The highest BCUT2D eigenvalue weighted by Gasteiger charge is 2.18. The number of methoxy groups -OCH3 is 1. The fourth-order valence-corrected chi connectivity index (χ4v) is 3.21. The lowest BCUT2D eigenvalue weighted by atomic mass is 10.0. The van der Waals surface area contributed by atoms with Gasteiger partial charge >= 0.3 is 5.82 Å². The van der Waals surface area contributed by atoms with E-state index in [-0.39, 0.29) is 35.2 Å². The SMILES string of the molecule is [C-]#[N+]C([N+]#[C-])=C(OC)c1ccc(CC(=O)Cc2cc(-c3ccc(F)cc3Cl)no2)cc1. The average Bonchev–Trinajstić information content (AvgIpc) is 3.20. The van der Waals surface area contributed by atoms with Crippen LogP contribution in [0.5, 0.6) is 0 Å². The van der Waals surface area contributed by atoms with Crippen LogP contribution in [0, 0.1) is 19.0 Å². The molecule has 3 aromatic rings. The van der Waals surface area contributed by atoms with Crippen LogP contribution in [0.3, 0.4) is 0 Å². The number of rotatable bonds is 7. The van der Waals surface area contributed by atoms with Crippen molar-refractivity contribution >= 4 is 23.1 Å². The lowest BCUT2D eigenvalue weighted by Crippen LogP contribution is -2.06. The van der Waals surface area contributed by atoms with Crippen molar-refractivity contribution in [2.75, 3.05) is 7.11 Å². The summed E-state index contributed by atoms with van der Waals surface area (Å²) in [5.74, 6) is -0.136. The molecule has 154 valence electrons. The Morgan fingerprint density at radius 2 is 1.84 bits per heavy atom. The molecule has 0 spiro atoms. The highest BCUT2D eigenvalue weighted by atomic mass is 35.5. The lowest BCUT2D eigenvalue weighted by molar-refractivity contribution is -0.118. The molecular formula is C23H15ClFN3O3. The Kier molecular flexibility index (Phi) is 6.81. The van der Waals surface area contributed by atoms with E-state index in [0.717, 1.165) is 5.56 Å². The molecule has 3 rings (SSSR count). The van der Waals surface area contributed by atoms with Crippen molar-refractivity contribution in [2.45, 2.75) is 12.8 Å². The molecule has 0 amide bonds. The maximum atomic E-state index is 13.2. The Morgan fingerprint density at radius 3 is 2.45 bits per heavy atom. The van der Waals surface area contributed by atoms with Gasteiger partial charge in [-0.3, -0.25) is 4.79 Å². The van der Waals surface area contributed by atoms with Crippen molar-refractivity contribution in [1.29, 1.82) is 0 Å². The Balaban J connectivity index is 1.68. The van der Waals surface area contributed by atoms with Crippen LogP contribution in [0.25, 0.3) is 26.7 Å². The Morgan fingerprint density at radius 1 is 1.13 bits per heavy atom. The number of carbonyl (C=O) groups is 1. The summed E-state index contributed by atoms with van der Waals surface area (Å²) >= 11 is 6.04. The van der Waals surface area contributed by atoms with Crippen molar-refractivity contribution in [3.8, 4) is 11.3 Å². The summed E-state index contributed by atoms with van der Waals surface area (Å²) in [5.41, 5.74) is 2.28. The molecule has 0 radical (unpaired) electrons. The van der Waals surface area contributed by atoms with Gasteiger partial charge in [0.05, 0.1) is 18.6 Å². The zero-order valence-corrected chi connectivity index (χ0v) is 17.1. The number of Topliss-reactive ketones (excluding diaryl/α,β-unsaturated/α-hetero) is 1. The third kappa shape index (κ3) is 5.16. The minimum absolute atomic E-state index is 0.0381.